The predicted octanol–water partition coefficient (Wildman–Crippen LogP) is 2.91. The zero-order valence-electron chi connectivity index (χ0n) is 18.1. The molecule has 3 heterocycles. The Labute approximate surface area is 182 Å². The summed E-state index contributed by atoms with van der Waals surface area (Å²) in [6, 6.07) is 6.54. The van der Waals surface area contributed by atoms with Gasteiger partial charge >= 0.3 is 6.03 Å². The van der Waals surface area contributed by atoms with E-state index in [1.54, 1.807) is 6.07 Å². The Kier molecular flexibility index (Phi) is 6.96. The first-order chi connectivity index (χ1) is 15.1. The van der Waals surface area contributed by atoms with Gasteiger partial charge in [-0.25, -0.2) is 19.2 Å². The minimum absolute atomic E-state index is 0.0316. The largest absolute Gasteiger partial charge is 0.378 e. The third-order valence-electron chi connectivity index (χ3n) is 5.74. The van der Waals surface area contributed by atoms with Crippen LogP contribution in [0.5, 0.6) is 0 Å². The van der Waals surface area contributed by atoms with E-state index >= 15 is 0 Å². The van der Waals surface area contributed by atoms with E-state index in [9.17, 15) is 9.18 Å². The van der Waals surface area contributed by atoms with Crippen LogP contribution in [0.1, 0.15) is 42.4 Å². The van der Waals surface area contributed by atoms with Crippen LogP contribution in [0, 0.1) is 5.82 Å². The topological polar surface area (TPSA) is 70.6 Å². The van der Waals surface area contributed by atoms with Crippen LogP contribution in [-0.4, -0.2) is 60.3 Å². The van der Waals surface area contributed by atoms with Crippen LogP contribution >= 0.6 is 0 Å². The normalized spacial score (nSPS) is 16.2. The number of carbonyl (C=O) groups is 1. The van der Waals surface area contributed by atoms with E-state index in [4.69, 9.17) is 14.7 Å². The lowest BCUT2D eigenvalue weighted by Crippen LogP contribution is -2.45. The second-order valence-electron chi connectivity index (χ2n) is 8.05. The highest BCUT2D eigenvalue weighted by molar-refractivity contribution is 5.75. The number of benzene rings is 1. The summed E-state index contributed by atoms with van der Waals surface area (Å²) in [6.07, 6.45) is 3.18. The van der Waals surface area contributed by atoms with E-state index in [0.717, 1.165) is 48.6 Å². The fourth-order valence-corrected chi connectivity index (χ4v) is 4.05. The Morgan fingerprint density at radius 3 is 2.84 bits per heavy atom. The molecule has 0 spiro atoms. The van der Waals surface area contributed by atoms with E-state index in [0.29, 0.717) is 51.5 Å². The van der Waals surface area contributed by atoms with Gasteiger partial charge in [-0.1, -0.05) is 25.5 Å². The van der Waals surface area contributed by atoms with Gasteiger partial charge in [0.1, 0.15) is 17.5 Å². The second kappa shape index (κ2) is 10.0. The highest BCUT2D eigenvalue weighted by atomic mass is 19.1. The fraction of sp³-hybridized carbons (Fsp3) is 0.522. The molecule has 2 aromatic rings. The molecule has 0 bridgehead atoms. The number of rotatable bonds is 6. The summed E-state index contributed by atoms with van der Waals surface area (Å²) < 4.78 is 19.2. The zero-order valence-corrected chi connectivity index (χ0v) is 18.1. The maximum Gasteiger partial charge on any atom is 0.317 e. The first-order valence-corrected chi connectivity index (χ1v) is 11.1. The highest BCUT2D eigenvalue weighted by Gasteiger charge is 2.28. The molecule has 1 aromatic carbocycles. The van der Waals surface area contributed by atoms with Crippen molar-refractivity contribution in [3.8, 4) is 0 Å². The molecule has 1 aromatic heterocycles. The Balaban J connectivity index is 1.60. The van der Waals surface area contributed by atoms with Crippen molar-refractivity contribution in [2.24, 2.45) is 0 Å². The third-order valence-corrected chi connectivity index (χ3v) is 5.74. The first-order valence-electron chi connectivity index (χ1n) is 11.1. The average Bonchev–Trinajstić information content (AvgIpc) is 2.79. The second-order valence-corrected chi connectivity index (χ2v) is 8.05. The van der Waals surface area contributed by atoms with E-state index in [2.05, 4.69) is 17.1 Å². The number of morpholine rings is 1. The van der Waals surface area contributed by atoms with Gasteiger partial charge in [0.2, 0.25) is 0 Å². The molecule has 1 N–H and O–H groups in total. The van der Waals surface area contributed by atoms with Crippen LogP contribution in [0.3, 0.4) is 0 Å². The first kappa shape index (κ1) is 21.5. The van der Waals surface area contributed by atoms with Gasteiger partial charge in [0.05, 0.1) is 25.5 Å². The van der Waals surface area contributed by atoms with Gasteiger partial charge in [-0.05, 0) is 24.1 Å². The number of hydrogen-bond acceptors (Lipinski definition) is 5. The summed E-state index contributed by atoms with van der Waals surface area (Å²) in [5.74, 6) is 1.31. The summed E-state index contributed by atoms with van der Waals surface area (Å²) in [6.45, 7) is 6.74. The van der Waals surface area contributed by atoms with E-state index < -0.39 is 0 Å². The Morgan fingerprint density at radius 1 is 1.23 bits per heavy atom. The number of hydrogen-bond donors (Lipinski definition) is 1. The van der Waals surface area contributed by atoms with Crippen LogP contribution in [0.4, 0.5) is 15.0 Å². The van der Waals surface area contributed by atoms with Crippen molar-refractivity contribution in [2.75, 3.05) is 44.3 Å². The number of ether oxygens (including phenoxy) is 1. The van der Waals surface area contributed by atoms with Crippen LogP contribution in [0.2, 0.25) is 0 Å². The number of urea groups is 1. The molecule has 0 radical (unpaired) electrons. The molecule has 2 amide bonds. The molecular weight excluding hydrogens is 397 g/mol. The summed E-state index contributed by atoms with van der Waals surface area (Å²) in [5.41, 5.74) is 2.85. The highest BCUT2D eigenvalue weighted by Crippen LogP contribution is 2.28. The predicted molar refractivity (Wildman–Crippen MR) is 117 cm³/mol. The molecule has 8 heteroatoms. The molecule has 0 atom stereocenters. The van der Waals surface area contributed by atoms with Crippen molar-refractivity contribution < 1.29 is 13.9 Å². The summed E-state index contributed by atoms with van der Waals surface area (Å²) in [7, 11) is 0. The summed E-state index contributed by atoms with van der Waals surface area (Å²) in [5, 5.41) is 3.01. The lowest BCUT2D eigenvalue weighted by Gasteiger charge is -2.34. The van der Waals surface area contributed by atoms with E-state index in [1.807, 2.05) is 11.0 Å². The summed E-state index contributed by atoms with van der Waals surface area (Å²) >= 11 is 0. The molecule has 7 nitrogen and oxygen atoms in total. The van der Waals surface area contributed by atoms with Crippen LogP contribution in [0.25, 0.3) is 0 Å². The molecule has 2 aliphatic rings. The van der Waals surface area contributed by atoms with E-state index in [-0.39, 0.29) is 11.8 Å². The number of carbonyl (C=O) groups excluding carboxylic acids is 1. The number of fused-ring (bicyclic) bond motifs is 1. The van der Waals surface area contributed by atoms with Gasteiger partial charge in [0.25, 0.3) is 0 Å². The number of nitrogens with one attached hydrogen (secondary N) is 1. The Morgan fingerprint density at radius 2 is 2.06 bits per heavy atom. The van der Waals surface area contributed by atoms with Crippen molar-refractivity contribution in [3.63, 3.8) is 0 Å². The number of unbranched alkanes of at least 4 members (excludes halogenated alkanes) is 1. The van der Waals surface area contributed by atoms with Gasteiger partial charge in [-0.15, -0.1) is 0 Å². The van der Waals surface area contributed by atoms with Gasteiger partial charge in [0.15, 0.2) is 0 Å². The monoisotopic (exact) mass is 427 g/mol. The lowest BCUT2D eigenvalue weighted by atomic mass is 10.0. The van der Waals surface area contributed by atoms with Crippen LogP contribution in [0.15, 0.2) is 24.3 Å². The molecule has 2 aliphatic heterocycles. The van der Waals surface area contributed by atoms with Crippen molar-refractivity contribution in [1.29, 1.82) is 0 Å². The minimum atomic E-state index is -0.256. The smallest absolute Gasteiger partial charge is 0.317 e. The molecule has 4 rings (SSSR count). The minimum Gasteiger partial charge on any atom is -0.378 e. The van der Waals surface area contributed by atoms with Crippen molar-refractivity contribution in [1.82, 2.24) is 20.2 Å². The molecule has 166 valence electrons. The molecule has 31 heavy (non-hydrogen) atoms. The number of aromatic nitrogens is 2. The van der Waals surface area contributed by atoms with Crippen LogP contribution in [-0.2, 0) is 24.1 Å². The van der Waals surface area contributed by atoms with Gasteiger partial charge < -0.3 is 19.9 Å². The Hall–Kier alpha value is -2.74. The maximum atomic E-state index is 13.6. The molecule has 1 fully saturated rings. The number of halogens is 1. The number of anilines is 1. The van der Waals surface area contributed by atoms with Crippen molar-refractivity contribution in [2.45, 2.75) is 39.2 Å². The fourth-order valence-electron chi connectivity index (χ4n) is 4.05. The lowest BCUT2D eigenvalue weighted by molar-refractivity contribution is 0.122. The van der Waals surface area contributed by atoms with Gasteiger partial charge in [-0.3, -0.25) is 0 Å². The maximum absolute atomic E-state index is 13.6. The van der Waals surface area contributed by atoms with E-state index in [1.165, 1.54) is 12.1 Å². The van der Waals surface area contributed by atoms with Gasteiger partial charge in [-0.2, -0.15) is 0 Å². The number of nitrogens with zero attached hydrogens (tertiary/aromatic N) is 4. The number of amides is 2. The molecular formula is C23H30FN5O2. The zero-order chi connectivity index (χ0) is 21.6. The summed E-state index contributed by atoms with van der Waals surface area (Å²) in [4.78, 5) is 26.4. The molecule has 1 saturated heterocycles. The average molecular weight is 428 g/mol. The van der Waals surface area contributed by atoms with Crippen LogP contribution < -0.4 is 10.2 Å². The molecule has 0 unspecified atom stereocenters. The molecule has 0 saturated carbocycles. The van der Waals surface area contributed by atoms with Crippen molar-refractivity contribution in [3.05, 3.63) is 52.7 Å². The molecule has 0 aliphatic carbocycles. The quantitative estimate of drug-likeness (QED) is 0.718. The SMILES string of the molecule is CCCCNC(=O)N1CCc2nc(Cc3cccc(F)c3)nc(N3CCOCC3)c2C1. The van der Waals surface area contributed by atoms with Gasteiger partial charge in [0, 0.05) is 44.6 Å². The standard InChI is InChI=1S/C23H30FN5O2/c1-2-3-8-25-23(30)29-9-7-20-19(16-29)22(28-10-12-31-13-11-28)27-21(26-20)15-17-5-4-6-18(24)14-17/h4-6,14H,2-3,7-13,15-16H2,1H3,(H,25,30). The Bertz CT molecular complexity index is 917. The third kappa shape index (κ3) is 5.31. The van der Waals surface area contributed by atoms with Crippen molar-refractivity contribution >= 4 is 11.8 Å².